The second kappa shape index (κ2) is 7.24. The number of nitrogens with zero attached hydrogens (tertiary/aromatic N) is 1. The Bertz CT molecular complexity index is 264. The monoisotopic (exact) mass is 244 g/mol. The molecule has 98 valence electrons. The molecule has 0 aromatic carbocycles. The van der Waals surface area contributed by atoms with E-state index in [0.717, 1.165) is 32.8 Å². The lowest BCUT2D eigenvalue weighted by atomic mass is 10.1. The Kier molecular flexibility index (Phi) is 5.93. The van der Waals surface area contributed by atoms with E-state index >= 15 is 0 Å². The molecule has 1 unspecified atom stereocenters. The molecule has 0 aromatic heterocycles. The van der Waals surface area contributed by atoms with E-state index in [-0.39, 0.29) is 0 Å². The number of hydrogen-bond acceptors (Lipinski definition) is 4. The molecule has 1 atom stereocenters. The number of amides is 1. The summed E-state index contributed by atoms with van der Waals surface area (Å²) in [5.74, 6) is -2.38. The Hall–Kier alpha value is -1.14. The molecule has 1 rings (SSSR count). The molecule has 6 nitrogen and oxygen atoms in total. The summed E-state index contributed by atoms with van der Waals surface area (Å²) in [4.78, 5) is 24.5. The average molecular weight is 244 g/mol. The molecule has 17 heavy (non-hydrogen) atoms. The minimum absolute atomic E-state index is 0.318. The van der Waals surface area contributed by atoms with Crippen molar-refractivity contribution in [1.29, 1.82) is 0 Å². The molecule has 2 N–H and O–H groups in total. The summed E-state index contributed by atoms with van der Waals surface area (Å²) in [6.45, 7) is 6.10. The maximum absolute atomic E-state index is 11.5. The second-order valence-corrected chi connectivity index (χ2v) is 4.04. The Morgan fingerprint density at radius 1 is 1.41 bits per heavy atom. The van der Waals surface area contributed by atoms with Gasteiger partial charge in [-0.2, -0.15) is 0 Å². The fraction of sp³-hybridized carbons (Fsp3) is 0.818. The molecule has 1 saturated heterocycles. The van der Waals surface area contributed by atoms with E-state index in [1.165, 1.54) is 0 Å². The van der Waals surface area contributed by atoms with Gasteiger partial charge < -0.3 is 15.2 Å². The number of carbonyl (C=O) groups excluding carboxylic acids is 1. The quantitative estimate of drug-likeness (QED) is 0.618. The second-order valence-electron chi connectivity index (χ2n) is 4.04. The summed E-state index contributed by atoms with van der Waals surface area (Å²) < 4.78 is 5.21. The first-order valence-corrected chi connectivity index (χ1v) is 5.95. The van der Waals surface area contributed by atoms with Gasteiger partial charge in [-0.1, -0.05) is 6.92 Å². The van der Waals surface area contributed by atoms with Crippen LogP contribution in [0.3, 0.4) is 0 Å². The van der Waals surface area contributed by atoms with Crippen LogP contribution in [0.2, 0.25) is 0 Å². The molecule has 0 aliphatic carbocycles. The molecule has 0 radical (unpaired) electrons. The third-order valence-corrected chi connectivity index (χ3v) is 2.85. The highest BCUT2D eigenvalue weighted by Gasteiger charge is 2.23. The van der Waals surface area contributed by atoms with Crippen LogP contribution in [0.1, 0.15) is 13.3 Å². The summed E-state index contributed by atoms with van der Waals surface area (Å²) in [5.41, 5.74) is 0. The zero-order valence-electron chi connectivity index (χ0n) is 10.1. The minimum atomic E-state index is -1.06. The first-order valence-electron chi connectivity index (χ1n) is 5.95. The minimum Gasteiger partial charge on any atom is -0.481 e. The van der Waals surface area contributed by atoms with E-state index in [2.05, 4.69) is 10.2 Å². The van der Waals surface area contributed by atoms with Crippen molar-refractivity contribution < 1.29 is 19.4 Å². The van der Waals surface area contributed by atoms with Gasteiger partial charge in [0.1, 0.15) is 5.92 Å². The zero-order valence-corrected chi connectivity index (χ0v) is 10.1. The van der Waals surface area contributed by atoms with Gasteiger partial charge in [0.15, 0.2) is 0 Å². The van der Waals surface area contributed by atoms with E-state index < -0.39 is 17.8 Å². The Morgan fingerprint density at radius 3 is 2.59 bits per heavy atom. The highest BCUT2D eigenvalue weighted by Crippen LogP contribution is 2.02. The highest BCUT2D eigenvalue weighted by atomic mass is 16.5. The molecule has 0 spiro atoms. The van der Waals surface area contributed by atoms with Crippen molar-refractivity contribution in [3.05, 3.63) is 0 Å². The van der Waals surface area contributed by atoms with E-state index in [9.17, 15) is 9.59 Å². The van der Waals surface area contributed by atoms with Crippen molar-refractivity contribution in [3.63, 3.8) is 0 Å². The molecule has 0 saturated carbocycles. The molecule has 0 aromatic rings. The van der Waals surface area contributed by atoms with E-state index in [1.54, 1.807) is 6.92 Å². The van der Waals surface area contributed by atoms with Crippen LogP contribution in [0, 0.1) is 5.92 Å². The van der Waals surface area contributed by atoms with E-state index in [0.29, 0.717) is 13.0 Å². The lowest BCUT2D eigenvalue weighted by Gasteiger charge is -2.26. The predicted octanol–water partition coefficient (Wildman–Crippen LogP) is -0.454. The predicted molar refractivity (Wildman–Crippen MR) is 61.7 cm³/mol. The van der Waals surface area contributed by atoms with Gasteiger partial charge in [-0.25, -0.2) is 0 Å². The van der Waals surface area contributed by atoms with Gasteiger partial charge in [0, 0.05) is 26.2 Å². The van der Waals surface area contributed by atoms with Crippen molar-refractivity contribution in [3.8, 4) is 0 Å². The van der Waals surface area contributed by atoms with Crippen LogP contribution in [0.5, 0.6) is 0 Å². The van der Waals surface area contributed by atoms with Gasteiger partial charge in [-0.15, -0.1) is 0 Å². The molecule has 1 aliphatic rings. The van der Waals surface area contributed by atoms with Gasteiger partial charge in [-0.05, 0) is 6.42 Å². The van der Waals surface area contributed by atoms with Crippen molar-refractivity contribution in [2.75, 3.05) is 39.4 Å². The number of aliphatic carboxylic acids is 1. The molecular formula is C11H20N2O4. The van der Waals surface area contributed by atoms with E-state index in [1.807, 2.05) is 0 Å². The summed E-state index contributed by atoms with van der Waals surface area (Å²) in [6, 6.07) is 0. The number of nitrogens with one attached hydrogen (secondary N) is 1. The standard InChI is InChI=1S/C11H20N2O4/c1-2-9(11(15)16)10(14)12-3-4-13-5-7-17-8-6-13/h9H,2-8H2,1H3,(H,12,14)(H,15,16). The number of rotatable bonds is 6. The summed E-state index contributed by atoms with van der Waals surface area (Å²) in [7, 11) is 0. The van der Waals surface area contributed by atoms with Gasteiger partial charge in [0.05, 0.1) is 13.2 Å². The first kappa shape index (κ1) is 13.9. The number of carboxylic acids is 1. The van der Waals surface area contributed by atoms with Crippen molar-refractivity contribution in [1.82, 2.24) is 10.2 Å². The Labute approximate surface area is 101 Å². The summed E-state index contributed by atoms with van der Waals surface area (Å²) in [6.07, 6.45) is 0.318. The van der Waals surface area contributed by atoms with Gasteiger partial charge in [0.2, 0.25) is 5.91 Å². The smallest absolute Gasteiger partial charge is 0.316 e. The SMILES string of the molecule is CCC(C(=O)O)C(=O)NCCN1CCOCC1. The Morgan fingerprint density at radius 2 is 2.06 bits per heavy atom. The maximum Gasteiger partial charge on any atom is 0.316 e. The van der Waals surface area contributed by atoms with Crippen LogP contribution in [0.15, 0.2) is 0 Å². The molecule has 1 fully saturated rings. The van der Waals surface area contributed by atoms with Gasteiger partial charge in [0.25, 0.3) is 0 Å². The fourth-order valence-electron chi connectivity index (χ4n) is 1.76. The number of morpholine rings is 1. The third kappa shape index (κ3) is 4.70. The van der Waals surface area contributed by atoms with Crippen molar-refractivity contribution >= 4 is 11.9 Å². The van der Waals surface area contributed by atoms with Crippen LogP contribution in [-0.4, -0.2) is 61.3 Å². The normalized spacial score (nSPS) is 18.6. The topological polar surface area (TPSA) is 78.9 Å². The zero-order chi connectivity index (χ0) is 12.7. The molecule has 6 heteroatoms. The van der Waals surface area contributed by atoms with Crippen molar-refractivity contribution in [2.45, 2.75) is 13.3 Å². The average Bonchev–Trinajstić information content (AvgIpc) is 2.30. The van der Waals surface area contributed by atoms with Crippen LogP contribution in [-0.2, 0) is 14.3 Å². The molecular weight excluding hydrogens is 224 g/mol. The lowest BCUT2D eigenvalue weighted by Crippen LogP contribution is -2.43. The molecule has 0 bridgehead atoms. The summed E-state index contributed by atoms with van der Waals surface area (Å²) in [5, 5.41) is 11.5. The first-order chi connectivity index (χ1) is 8.15. The lowest BCUT2D eigenvalue weighted by molar-refractivity contribution is -0.147. The maximum atomic E-state index is 11.5. The summed E-state index contributed by atoms with van der Waals surface area (Å²) >= 11 is 0. The molecule has 1 aliphatic heterocycles. The molecule has 1 amide bonds. The fourth-order valence-corrected chi connectivity index (χ4v) is 1.76. The van der Waals surface area contributed by atoms with E-state index in [4.69, 9.17) is 9.84 Å². The van der Waals surface area contributed by atoms with Gasteiger partial charge in [-0.3, -0.25) is 14.5 Å². The van der Waals surface area contributed by atoms with Gasteiger partial charge >= 0.3 is 5.97 Å². The third-order valence-electron chi connectivity index (χ3n) is 2.85. The van der Waals surface area contributed by atoms with Crippen LogP contribution >= 0.6 is 0 Å². The number of ether oxygens (including phenoxy) is 1. The highest BCUT2D eigenvalue weighted by molar-refractivity contribution is 5.96. The van der Waals surface area contributed by atoms with Crippen LogP contribution in [0.25, 0.3) is 0 Å². The van der Waals surface area contributed by atoms with Crippen LogP contribution in [0.4, 0.5) is 0 Å². The largest absolute Gasteiger partial charge is 0.481 e. The number of hydrogen-bond donors (Lipinski definition) is 2. The Balaban J connectivity index is 2.20. The molecule has 1 heterocycles. The van der Waals surface area contributed by atoms with Crippen LogP contribution < -0.4 is 5.32 Å². The number of carboxylic acid groups (broad SMARTS) is 1. The number of carbonyl (C=O) groups is 2. The van der Waals surface area contributed by atoms with Crippen molar-refractivity contribution in [2.24, 2.45) is 5.92 Å².